The zero-order chi connectivity index (χ0) is 16.0. The fourth-order valence-corrected chi connectivity index (χ4v) is 3.36. The molecular weight excluding hydrogens is 358 g/mol. The molecule has 0 saturated carbocycles. The number of halogens is 1. The van der Waals surface area contributed by atoms with E-state index in [4.69, 9.17) is 4.52 Å². The van der Waals surface area contributed by atoms with Gasteiger partial charge in [-0.3, -0.25) is 4.79 Å². The van der Waals surface area contributed by atoms with E-state index in [1.165, 1.54) is 0 Å². The third-order valence-electron chi connectivity index (χ3n) is 4.15. The van der Waals surface area contributed by atoms with Crippen molar-refractivity contribution < 1.29 is 9.32 Å². The van der Waals surface area contributed by atoms with Gasteiger partial charge in [-0.25, -0.2) is 4.98 Å². The van der Waals surface area contributed by atoms with Crippen molar-refractivity contribution in [3.05, 3.63) is 51.3 Å². The smallest absolute Gasteiger partial charge is 0.259 e. The molecule has 6 heteroatoms. The number of rotatable bonds is 2. The second-order valence-corrected chi connectivity index (χ2v) is 6.59. The summed E-state index contributed by atoms with van der Waals surface area (Å²) < 4.78 is 6.25. The van der Waals surface area contributed by atoms with Crippen LogP contribution in [0.1, 0.15) is 33.7 Å². The molecule has 1 aliphatic carbocycles. The van der Waals surface area contributed by atoms with Crippen LogP contribution in [0.4, 0.5) is 5.69 Å². The fraction of sp³-hybridized carbons (Fsp3) is 0.235. The Kier molecular flexibility index (Phi) is 3.41. The number of carbonyl (C=O) groups excluding carboxylic acids is 1. The van der Waals surface area contributed by atoms with Crippen molar-refractivity contribution in [2.45, 2.75) is 26.2 Å². The summed E-state index contributed by atoms with van der Waals surface area (Å²) in [6.45, 7) is 1.84. The molecule has 3 aromatic rings. The Balaban J connectivity index is 1.82. The first-order valence-corrected chi connectivity index (χ1v) is 8.27. The van der Waals surface area contributed by atoms with Crippen LogP contribution in [0.3, 0.4) is 0 Å². The Bertz CT molecular complexity index is 916. The Morgan fingerprint density at radius 3 is 2.83 bits per heavy atom. The molecule has 0 fully saturated rings. The number of pyridine rings is 1. The van der Waals surface area contributed by atoms with Crippen LogP contribution in [0.15, 0.2) is 33.3 Å². The van der Waals surface area contributed by atoms with Crippen molar-refractivity contribution in [1.82, 2.24) is 10.1 Å². The third-order valence-corrected chi connectivity index (χ3v) is 4.68. The molecule has 0 atom stereocenters. The third kappa shape index (κ3) is 2.43. The van der Waals surface area contributed by atoms with Crippen LogP contribution in [-0.4, -0.2) is 16.0 Å². The van der Waals surface area contributed by atoms with E-state index in [2.05, 4.69) is 31.4 Å². The van der Waals surface area contributed by atoms with E-state index in [1.54, 1.807) is 0 Å². The maximum atomic E-state index is 12.9. The van der Waals surface area contributed by atoms with E-state index in [0.717, 1.165) is 46.1 Å². The number of carbonyl (C=O) groups is 1. The lowest BCUT2D eigenvalue weighted by molar-refractivity contribution is 0.102. The lowest BCUT2D eigenvalue weighted by atomic mass is 10.0. The maximum absolute atomic E-state index is 12.9. The molecule has 5 nitrogen and oxygen atoms in total. The minimum absolute atomic E-state index is 0.135. The molecule has 0 saturated heterocycles. The van der Waals surface area contributed by atoms with E-state index in [9.17, 15) is 4.79 Å². The zero-order valence-electron chi connectivity index (χ0n) is 12.5. The van der Waals surface area contributed by atoms with Gasteiger partial charge in [-0.2, -0.15) is 0 Å². The number of amides is 1. The minimum Gasteiger partial charge on any atom is -0.336 e. The number of hydrogen-bond donors (Lipinski definition) is 1. The number of aromatic nitrogens is 2. The zero-order valence-corrected chi connectivity index (χ0v) is 14.1. The predicted molar refractivity (Wildman–Crippen MR) is 90.7 cm³/mol. The Labute approximate surface area is 141 Å². The topological polar surface area (TPSA) is 68.0 Å². The lowest BCUT2D eigenvalue weighted by Gasteiger charge is -2.10. The van der Waals surface area contributed by atoms with Crippen molar-refractivity contribution in [1.29, 1.82) is 0 Å². The standard InChI is InChI=1S/C17H14BrN3O2/c1-9-14-15(16(22)19-11-7-5-10(18)6-8-11)12-3-2-4-13(12)20-17(14)23-21-9/h5-8H,2-4H2,1H3,(H,19,22). The number of hydrogen-bond acceptors (Lipinski definition) is 4. The van der Waals surface area contributed by atoms with Crippen molar-refractivity contribution in [3.63, 3.8) is 0 Å². The fourth-order valence-electron chi connectivity index (χ4n) is 3.09. The molecule has 4 rings (SSSR count). The molecule has 0 aliphatic heterocycles. The molecular formula is C17H14BrN3O2. The summed E-state index contributed by atoms with van der Waals surface area (Å²) in [5.41, 5.74) is 4.54. The summed E-state index contributed by atoms with van der Waals surface area (Å²) in [5.74, 6) is -0.135. The van der Waals surface area contributed by atoms with Crippen LogP contribution in [-0.2, 0) is 12.8 Å². The number of benzene rings is 1. The summed E-state index contributed by atoms with van der Waals surface area (Å²) in [4.78, 5) is 17.4. The van der Waals surface area contributed by atoms with Gasteiger partial charge in [0.25, 0.3) is 11.6 Å². The van der Waals surface area contributed by atoms with Gasteiger partial charge >= 0.3 is 0 Å². The predicted octanol–water partition coefficient (Wildman–Crippen LogP) is 4.03. The van der Waals surface area contributed by atoms with E-state index in [0.29, 0.717) is 17.0 Å². The van der Waals surface area contributed by atoms with Crippen molar-refractivity contribution in [2.24, 2.45) is 0 Å². The van der Waals surface area contributed by atoms with Crippen LogP contribution in [0.2, 0.25) is 0 Å². The van der Waals surface area contributed by atoms with Gasteiger partial charge in [0.2, 0.25) is 0 Å². The van der Waals surface area contributed by atoms with Gasteiger partial charge in [0.1, 0.15) is 0 Å². The first-order chi connectivity index (χ1) is 11.1. The van der Waals surface area contributed by atoms with Gasteiger partial charge in [0.15, 0.2) is 0 Å². The molecule has 0 radical (unpaired) electrons. The van der Waals surface area contributed by atoms with E-state index >= 15 is 0 Å². The molecule has 0 unspecified atom stereocenters. The Morgan fingerprint density at radius 2 is 2.04 bits per heavy atom. The van der Waals surface area contributed by atoms with Gasteiger partial charge in [-0.05, 0) is 56.0 Å². The number of anilines is 1. The van der Waals surface area contributed by atoms with Gasteiger partial charge in [0, 0.05) is 15.9 Å². The van der Waals surface area contributed by atoms with Gasteiger partial charge in [0.05, 0.1) is 16.6 Å². The highest BCUT2D eigenvalue weighted by molar-refractivity contribution is 9.10. The first kappa shape index (κ1) is 14.4. The van der Waals surface area contributed by atoms with Crippen molar-refractivity contribution in [2.75, 3.05) is 5.32 Å². The molecule has 0 spiro atoms. The van der Waals surface area contributed by atoms with Gasteiger partial charge in [-0.15, -0.1) is 0 Å². The average Bonchev–Trinajstić information content (AvgIpc) is 3.14. The average molecular weight is 372 g/mol. The summed E-state index contributed by atoms with van der Waals surface area (Å²) in [5, 5.41) is 7.66. The first-order valence-electron chi connectivity index (χ1n) is 7.48. The highest BCUT2D eigenvalue weighted by Gasteiger charge is 2.27. The van der Waals surface area contributed by atoms with E-state index in [-0.39, 0.29) is 5.91 Å². The maximum Gasteiger partial charge on any atom is 0.259 e. The summed E-state index contributed by atoms with van der Waals surface area (Å²) in [7, 11) is 0. The molecule has 2 aromatic heterocycles. The van der Waals surface area contributed by atoms with Crippen molar-refractivity contribution >= 4 is 38.6 Å². The molecule has 0 bridgehead atoms. The van der Waals surface area contributed by atoms with Gasteiger partial charge in [-0.1, -0.05) is 21.1 Å². The van der Waals surface area contributed by atoms with Crippen LogP contribution in [0, 0.1) is 6.92 Å². The minimum atomic E-state index is -0.135. The molecule has 23 heavy (non-hydrogen) atoms. The molecule has 2 heterocycles. The van der Waals surface area contributed by atoms with Crippen LogP contribution < -0.4 is 5.32 Å². The van der Waals surface area contributed by atoms with Crippen LogP contribution >= 0.6 is 15.9 Å². The highest BCUT2D eigenvalue weighted by Crippen LogP contribution is 2.32. The largest absolute Gasteiger partial charge is 0.336 e. The number of aryl methyl sites for hydroxylation is 2. The number of nitrogens with one attached hydrogen (secondary N) is 1. The molecule has 1 aromatic carbocycles. The van der Waals surface area contributed by atoms with Crippen molar-refractivity contribution in [3.8, 4) is 0 Å². The molecule has 116 valence electrons. The second-order valence-electron chi connectivity index (χ2n) is 5.67. The summed E-state index contributed by atoms with van der Waals surface area (Å²) >= 11 is 3.39. The highest BCUT2D eigenvalue weighted by atomic mass is 79.9. The van der Waals surface area contributed by atoms with Crippen LogP contribution in [0.25, 0.3) is 11.1 Å². The lowest BCUT2D eigenvalue weighted by Crippen LogP contribution is -2.15. The number of nitrogens with zero attached hydrogens (tertiary/aromatic N) is 2. The van der Waals surface area contributed by atoms with Gasteiger partial charge < -0.3 is 9.84 Å². The molecule has 1 N–H and O–H groups in total. The monoisotopic (exact) mass is 371 g/mol. The Hall–Kier alpha value is -2.21. The van der Waals surface area contributed by atoms with E-state index < -0.39 is 0 Å². The SMILES string of the molecule is Cc1noc2nc3c(c(C(=O)Nc4ccc(Br)cc4)c12)CCC3. The molecule has 1 aliphatic rings. The normalized spacial score (nSPS) is 13.3. The second kappa shape index (κ2) is 5.45. The summed E-state index contributed by atoms with van der Waals surface area (Å²) in [6.07, 6.45) is 2.76. The number of fused-ring (bicyclic) bond motifs is 2. The van der Waals surface area contributed by atoms with Crippen LogP contribution in [0.5, 0.6) is 0 Å². The Morgan fingerprint density at radius 1 is 1.26 bits per heavy atom. The van der Waals surface area contributed by atoms with E-state index in [1.807, 2.05) is 31.2 Å². The summed E-state index contributed by atoms with van der Waals surface area (Å²) in [6, 6.07) is 7.52. The quantitative estimate of drug-likeness (QED) is 0.738. The molecule has 1 amide bonds.